The Bertz CT molecular complexity index is 648. The fourth-order valence-electron chi connectivity index (χ4n) is 3.05. The van der Waals surface area contributed by atoms with Crippen LogP contribution in [0.2, 0.25) is 0 Å². The Balaban J connectivity index is 1.61. The van der Waals surface area contributed by atoms with Crippen molar-refractivity contribution < 1.29 is 9.32 Å². The minimum Gasteiger partial charge on any atom is -0.337 e. The van der Waals surface area contributed by atoms with Gasteiger partial charge in [-0.25, -0.2) is 0 Å². The van der Waals surface area contributed by atoms with Crippen LogP contribution in [-0.2, 0) is 0 Å². The second-order valence-electron chi connectivity index (χ2n) is 6.14. The minimum atomic E-state index is -0.0742. The molecule has 1 saturated heterocycles. The van der Waals surface area contributed by atoms with Crippen LogP contribution in [0.15, 0.2) is 21.3 Å². The molecule has 1 saturated carbocycles. The molecule has 22 heavy (non-hydrogen) atoms. The first-order chi connectivity index (χ1) is 10.8. The molecular formula is C16H19N3O2S. The third-order valence-corrected chi connectivity index (χ3v) is 5.15. The van der Waals surface area contributed by atoms with Crippen molar-refractivity contribution in [2.75, 3.05) is 6.54 Å². The molecule has 0 N–H and O–H groups in total. The van der Waals surface area contributed by atoms with Crippen LogP contribution < -0.4 is 0 Å². The number of carbonyl (C=O) groups is 1. The summed E-state index contributed by atoms with van der Waals surface area (Å²) in [6, 6.07) is 1.81. The van der Waals surface area contributed by atoms with E-state index in [4.69, 9.17) is 4.52 Å². The first kappa shape index (κ1) is 13.9. The Kier molecular flexibility index (Phi) is 3.70. The average molecular weight is 317 g/mol. The topological polar surface area (TPSA) is 59.2 Å². The molecule has 0 radical (unpaired) electrons. The highest BCUT2D eigenvalue weighted by molar-refractivity contribution is 7.08. The standard InChI is InChI=1S/C16H19N3O2S/c20-16(12-7-9-22-10-12)19-8-3-1-2-4-13(19)15-17-14(18-21-15)11-5-6-11/h7,9-11,13H,1-6,8H2. The molecule has 4 rings (SSSR count). The van der Waals surface area contributed by atoms with Crippen molar-refractivity contribution in [2.45, 2.75) is 50.5 Å². The Morgan fingerprint density at radius 3 is 2.95 bits per heavy atom. The monoisotopic (exact) mass is 317 g/mol. The molecule has 2 aliphatic rings. The summed E-state index contributed by atoms with van der Waals surface area (Å²) in [5.41, 5.74) is 0.763. The zero-order chi connectivity index (χ0) is 14.9. The lowest BCUT2D eigenvalue weighted by Crippen LogP contribution is -2.34. The Morgan fingerprint density at radius 2 is 2.18 bits per heavy atom. The average Bonchev–Trinajstić information content (AvgIpc) is 3.11. The summed E-state index contributed by atoms with van der Waals surface area (Å²) in [6.07, 6.45) is 6.49. The van der Waals surface area contributed by atoms with Gasteiger partial charge in [-0.15, -0.1) is 0 Å². The Morgan fingerprint density at radius 1 is 1.27 bits per heavy atom. The van der Waals surface area contributed by atoms with Gasteiger partial charge in [0.15, 0.2) is 5.82 Å². The fourth-order valence-corrected chi connectivity index (χ4v) is 3.68. The van der Waals surface area contributed by atoms with Crippen molar-refractivity contribution in [3.05, 3.63) is 34.1 Å². The van der Waals surface area contributed by atoms with Crippen molar-refractivity contribution >= 4 is 17.2 Å². The number of carbonyl (C=O) groups excluding carboxylic acids is 1. The van der Waals surface area contributed by atoms with E-state index in [-0.39, 0.29) is 11.9 Å². The summed E-state index contributed by atoms with van der Waals surface area (Å²) in [7, 11) is 0. The number of hydrogen-bond acceptors (Lipinski definition) is 5. The van der Waals surface area contributed by atoms with Crippen LogP contribution >= 0.6 is 11.3 Å². The molecular weight excluding hydrogens is 298 g/mol. The van der Waals surface area contributed by atoms with E-state index in [0.29, 0.717) is 11.8 Å². The predicted molar refractivity (Wildman–Crippen MR) is 82.8 cm³/mol. The lowest BCUT2D eigenvalue weighted by molar-refractivity contribution is 0.0645. The number of nitrogens with zero attached hydrogens (tertiary/aromatic N) is 3. The summed E-state index contributed by atoms with van der Waals surface area (Å²) in [5.74, 6) is 2.00. The molecule has 2 aromatic heterocycles. The summed E-state index contributed by atoms with van der Waals surface area (Å²) in [4.78, 5) is 19.3. The number of hydrogen-bond donors (Lipinski definition) is 0. The molecule has 6 heteroatoms. The first-order valence-corrected chi connectivity index (χ1v) is 8.94. The Labute approximate surface area is 133 Å². The van der Waals surface area contributed by atoms with E-state index in [1.54, 1.807) is 11.3 Å². The second-order valence-corrected chi connectivity index (χ2v) is 6.92. The molecule has 0 spiro atoms. The molecule has 0 aromatic carbocycles. The number of rotatable bonds is 3. The molecule has 1 aliphatic heterocycles. The quantitative estimate of drug-likeness (QED) is 0.864. The van der Waals surface area contributed by atoms with Crippen LogP contribution in [0.3, 0.4) is 0 Å². The maximum atomic E-state index is 12.8. The normalized spacial score (nSPS) is 22.5. The zero-order valence-corrected chi connectivity index (χ0v) is 13.2. The molecule has 5 nitrogen and oxygen atoms in total. The fraction of sp³-hybridized carbons (Fsp3) is 0.562. The van der Waals surface area contributed by atoms with Crippen molar-refractivity contribution in [2.24, 2.45) is 0 Å². The van der Waals surface area contributed by atoms with Gasteiger partial charge in [-0.3, -0.25) is 4.79 Å². The molecule has 1 atom stereocenters. The maximum absolute atomic E-state index is 12.8. The van der Waals surface area contributed by atoms with Crippen molar-refractivity contribution in [1.82, 2.24) is 15.0 Å². The third kappa shape index (κ3) is 2.67. The molecule has 0 bridgehead atoms. The van der Waals surface area contributed by atoms with Crippen LogP contribution in [-0.4, -0.2) is 27.5 Å². The summed E-state index contributed by atoms with van der Waals surface area (Å²) < 4.78 is 5.51. The first-order valence-electron chi connectivity index (χ1n) is 7.99. The number of aromatic nitrogens is 2. The van der Waals surface area contributed by atoms with E-state index < -0.39 is 0 Å². The minimum absolute atomic E-state index is 0.0742. The zero-order valence-electron chi connectivity index (χ0n) is 12.4. The van der Waals surface area contributed by atoms with E-state index in [9.17, 15) is 4.79 Å². The van der Waals surface area contributed by atoms with Gasteiger partial charge in [0.1, 0.15) is 6.04 Å². The van der Waals surface area contributed by atoms with E-state index in [1.807, 2.05) is 21.7 Å². The van der Waals surface area contributed by atoms with E-state index in [1.165, 1.54) is 0 Å². The number of thiophene rings is 1. The van der Waals surface area contributed by atoms with Crippen LogP contribution in [0.25, 0.3) is 0 Å². The number of amides is 1. The largest absolute Gasteiger partial charge is 0.337 e. The molecule has 2 fully saturated rings. The van der Waals surface area contributed by atoms with Crippen LogP contribution in [0.1, 0.15) is 72.6 Å². The van der Waals surface area contributed by atoms with E-state index in [2.05, 4.69) is 10.1 Å². The van der Waals surface area contributed by atoms with Gasteiger partial charge in [0.05, 0.1) is 5.56 Å². The smallest absolute Gasteiger partial charge is 0.255 e. The van der Waals surface area contributed by atoms with Gasteiger partial charge < -0.3 is 9.42 Å². The highest BCUT2D eigenvalue weighted by Crippen LogP contribution is 2.39. The highest BCUT2D eigenvalue weighted by Gasteiger charge is 2.34. The highest BCUT2D eigenvalue weighted by atomic mass is 32.1. The van der Waals surface area contributed by atoms with Crippen LogP contribution in [0.5, 0.6) is 0 Å². The van der Waals surface area contributed by atoms with Crippen LogP contribution in [0.4, 0.5) is 0 Å². The van der Waals surface area contributed by atoms with Gasteiger partial charge >= 0.3 is 0 Å². The van der Waals surface area contributed by atoms with Gasteiger partial charge in [-0.05, 0) is 37.1 Å². The lowest BCUT2D eigenvalue weighted by atomic mass is 10.1. The molecule has 1 aliphatic carbocycles. The summed E-state index contributed by atoms with van der Waals surface area (Å²) in [5, 5.41) is 7.97. The lowest BCUT2D eigenvalue weighted by Gasteiger charge is -2.27. The van der Waals surface area contributed by atoms with Gasteiger partial charge in [-0.1, -0.05) is 18.0 Å². The molecule has 1 amide bonds. The number of likely N-dealkylation sites (tertiary alicyclic amines) is 1. The van der Waals surface area contributed by atoms with Crippen LogP contribution in [0, 0.1) is 0 Å². The predicted octanol–water partition coefficient (Wildman–Crippen LogP) is 3.77. The molecule has 3 heterocycles. The van der Waals surface area contributed by atoms with Crippen molar-refractivity contribution in [1.29, 1.82) is 0 Å². The molecule has 1 unspecified atom stereocenters. The third-order valence-electron chi connectivity index (χ3n) is 4.47. The maximum Gasteiger partial charge on any atom is 0.255 e. The van der Waals surface area contributed by atoms with Crippen molar-refractivity contribution in [3.63, 3.8) is 0 Å². The SMILES string of the molecule is O=C(c1ccsc1)N1CCCCCC1c1nc(C2CC2)no1. The summed E-state index contributed by atoms with van der Waals surface area (Å²) >= 11 is 1.55. The van der Waals surface area contributed by atoms with Gasteiger partial charge in [-0.2, -0.15) is 16.3 Å². The second kappa shape index (κ2) is 5.83. The molecule has 116 valence electrons. The van der Waals surface area contributed by atoms with E-state index in [0.717, 1.165) is 56.5 Å². The Hall–Kier alpha value is -1.69. The van der Waals surface area contributed by atoms with Gasteiger partial charge in [0.25, 0.3) is 5.91 Å². The van der Waals surface area contributed by atoms with Crippen molar-refractivity contribution in [3.8, 4) is 0 Å². The summed E-state index contributed by atoms with van der Waals surface area (Å²) in [6.45, 7) is 0.764. The van der Waals surface area contributed by atoms with E-state index >= 15 is 0 Å². The van der Waals surface area contributed by atoms with Gasteiger partial charge in [0.2, 0.25) is 5.89 Å². The molecule has 2 aromatic rings. The van der Waals surface area contributed by atoms with Gasteiger partial charge in [0, 0.05) is 17.8 Å².